The van der Waals surface area contributed by atoms with Crippen molar-refractivity contribution in [3.63, 3.8) is 0 Å². The van der Waals surface area contributed by atoms with Crippen molar-refractivity contribution in [2.45, 2.75) is 19.4 Å². The second kappa shape index (κ2) is 6.22. The molecule has 0 spiro atoms. The molecule has 0 aromatic heterocycles. The molecule has 0 unspecified atom stereocenters. The van der Waals surface area contributed by atoms with Gasteiger partial charge in [-0.1, -0.05) is 17.7 Å². The lowest BCUT2D eigenvalue weighted by molar-refractivity contribution is 0.126. The Kier molecular flexibility index (Phi) is 4.57. The molecule has 0 aliphatic carbocycles. The molecule has 7 heteroatoms. The maximum atomic E-state index is 11.9. The highest BCUT2D eigenvalue weighted by Gasteiger charge is 2.35. The average Bonchev–Trinajstić information content (AvgIpc) is 2.84. The second-order valence-corrected chi connectivity index (χ2v) is 5.83. The summed E-state index contributed by atoms with van der Waals surface area (Å²) in [7, 11) is 0. The van der Waals surface area contributed by atoms with Gasteiger partial charge in [-0.3, -0.25) is 4.90 Å². The highest BCUT2D eigenvalue weighted by Crippen LogP contribution is 2.19. The maximum absolute atomic E-state index is 11.9. The van der Waals surface area contributed by atoms with Gasteiger partial charge in [0, 0.05) is 17.3 Å². The van der Waals surface area contributed by atoms with Crippen LogP contribution in [0.2, 0.25) is 5.02 Å². The molecule has 1 aromatic rings. The monoisotopic (exact) mass is 311 g/mol. The molecular formula is C14H18ClN3O3. The van der Waals surface area contributed by atoms with Crippen LogP contribution in [-0.4, -0.2) is 42.3 Å². The lowest BCUT2D eigenvalue weighted by atomic mass is 10.0. The van der Waals surface area contributed by atoms with Crippen molar-refractivity contribution in [3.05, 3.63) is 29.3 Å². The van der Waals surface area contributed by atoms with Gasteiger partial charge >= 0.3 is 12.1 Å². The molecule has 114 valence electrons. The number of halogens is 1. The van der Waals surface area contributed by atoms with Crippen LogP contribution in [-0.2, 0) is 4.74 Å². The predicted molar refractivity (Wildman–Crippen MR) is 80.6 cm³/mol. The Hall–Kier alpha value is -1.95. The fraction of sp³-hybridized carbons (Fsp3) is 0.429. The van der Waals surface area contributed by atoms with E-state index in [2.05, 4.69) is 10.6 Å². The summed E-state index contributed by atoms with van der Waals surface area (Å²) in [5.74, 6) is 0. The van der Waals surface area contributed by atoms with Gasteiger partial charge in [-0.25, -0.2) is 9.59 Å². The van der Waals surface area contributed by atoms with E-state index in [1.54, 1.807) is 29.2 Å². The number of rotatable bonds is 4. The summed E-state index contributed by atoms with van der Waals surface area (Å²) in [5.41, 5.74) is 0.0950. The first-order valence-electron chi connectivity index (χ1n) is 6.63. The van der Waals surface area contributed by atoms with Crippen LogP contribution < -0.4 is 10.6 Å². The number of benzene rings is 1. The summed E-state index contributed by atoms with van der Waals surface area (Å²) < 4.78 is 4.91. The number of carbonyl (C=O) groups excluding carboxylic acids is 2. The Labute approximate surface area is 128 Å². The van der Waals surface area contributed by atoms with E-state index in [0.29, 0.717) is 30.4 Å². The van der Waals surface area contributed by atoms with Crippen LogP contribution in [0.25, 0.3) is 0 Å². The minimum Gasteiger partial charge on any atom is -0.448 e. The molecule has 1 fully saturated rings. The smallest absolute Gasteiger partial charge is 0.410 e. The van der Waals surface area contributed by atoms with Gasteiger partial charge < -0.3 is 15.4 Å². The number of ether oxygens (including phenoxy) is 1. The van der Waals surface area contributed by atoms with Crippen molar-refractivity contribution in [2.75, 3.05) is 25.0 Å². The van der Waals surface area contributed by atoms with Crippen LogP contribution >= 0.6 is 11.6 Å². The highest BCUT2D eigenvalue weighted by atomic mass is 35.5. The zero-order valence-electron chi connectivity index (χ0n) is 12.0. The molecule has 1 aromatic carbocycles. The molecule has 0 bridgehead atoms. The fourth-order valence-electron chi connectivity index (χ4n) is 2.08. The predicted octanol–water partition coefficient (Wildman–Crippen LogP) is 2.69. The van der Waals surface area contributed by atoms with Crippen molar-refractivity contribution in [1.82, 2.24) is 10.2 Å². The number of cyclic esters (lactones) is 1. The second-order valence-electron chi connectivity index (χ2n) is 5.40. The molecule has 1 heterocycles. The van der Waals surface area contributed by atoms with Crippen LogP contribution in [0.5, 0.6) is 0 Å². The largest absolute Gasteiger partial charge is 0.448 e. The van der Waals surface area contributed by atoms with E-state index in [9.17, 15) is 9.59 Å². The summed E-state index contributed by atoms with van der Waals surface area (Å²) in [5, 5.41) is 5.98. The summed E-state index contributed by atoms with van der Waals surface area (Å²) >= 11 is 5.85. The Bertz CT molecular complexity index is 548. The van der Waals surface area contributed by atoms with E-state index in [1.165, 1.54) is 0 Å². The molecule has 1 aliphatic heterocycles. The topological polar surface area (TPSA) is 70.7 Å². The van der Waals surface area contributed by atoms with Crippen molar-refractivity contribution in [1.29, 1.82) is 0 Å². The summed E-state index contributed by atoms with van der Waals surface area (Å²) in [4.78, 5) is 25.0. The molecular weight excluding hydrogens is 294 g/mol. The Morgan fingerprint density at radius 3 is 2.86 bits per heavy atom. The minimum absolute atomic E-state index is 0.314. The number of hydrogen-bond acceptors (Lipinski definition) is 3. The maximum Gasteiger partial charge on any atom is 0.410 e. The van der Waals surface area contributed by atoms with Crippen molar-refractivity contribution < 1.29 is 14.3 Å². The van der Waals surface area contributed by atoms with Gasteiger partial charge in [-0.2, -0.15) is 0 Å². The third-order valence-electron chi connectivity index (χ3n) is 3.26. The lowest BCUT2D eigenvalue weighted by Gasteiger charge is -2.33. The van der Waals surface area contributed by atoms with Gasteiger partial charge in [-0.15, -0.1) is 0 Å². The third kappa shape index (κ3) is 4.01. The highest BCUT2D eigenvalue weighted by molar-refractivity contribution is 6.30. The van der Waals surface area contributed by atoms with Gasteiger partial charge in [-0.05, 0) is 32.0 Å². The number of nitrogens with one attached hydrogen (secondary N) is 2. The first-order valence-corrected chi connectivity index (χ1v) is 7.01. The minimum atomic E-state index is -0.515. The third-order valence-corrected chi connectivity index (χ3v) is 3.49. The van der Waals surface area contributed by atoms with E-state index < -0.39 is 5.54 Å². The number of amides is 3. The normalized spacial score (nSPS) is 14.8. The van der Waals surface area contributed by atoms with Gasteiger partial charge in [0.25, 0.3) is 0 Å². The molecule has 21 heavy (non-hydrogen) atoms. The van der Waals surface area contributed by atoms with Crippen LogP contribution in [0.1, 0.15) is 13.8 Å². The molecule has 2 rings (SSSR count). The number of urea groups is 1. The fourth-order valence-corrected chi connectivity index (χ4v) is 2.27. The van der Waals surface area contributed by atoms with E-state index >= 15 is 0 Å². The molecule has 1 aliphatic rings. The van der Waals surface area contributed by atoms with Crippen LogP contribution in [0, 0.1) is 0 Å². The van der Waals surface area contributed by atoms with E-state index in [-0.39, 0.29) is 12.1 Å². The molecule has 0 saturated carbocycles. The van der Waals surface area contributed by atoms with Crippen molar-refractivity contribution in [2.24, 2.45) is 0 Å². The van der Waals surface area contributed by atoms with E-state index in [0.717, 1.165) is 0 Å². The first-order chi connectivity index (χ1) is 9.88. The Morgan fingerprint density at radius 2 is 2.24 bits per heavy atom. The Balaban J connectivity index is 1.87. The quantitative estimate of drug-likeness (QED) is 0.898. The van der Waals surface area contributed by atoms with Gasteiger partial charge in [0.1, 0.15) is 6.61 Å². The number of nitrogens with zero attached hydrogens (tertiary/aromatic N) is 1. The SMILES string of the molecule is CC(C)(CNC(=O)Nc1cccc(Cl)c1)N1CCOC1=O. The number of carbonyl (C=O) groups is 2. The summed E-state index contributed by atoms with van der Waals surface area (Å²) in [6, 6.07) is 6.53. The van der Waals surface area contributed by atoms with Gasteiger partial charge in [0.2, 0.25) is 0 Å². The first kappa shape index (κ1) is 15.4. The number of anilines is 1. The van der Waals surface area contributed by atoms with E-state index in [4.69, 9.17) is 16.3 Å². The molecule has 1 saturated heterocycles. The molecule has 0 atom stereocenters. The molecule has 2 N–H and O–H groups in total. The standard InChI is InChI=1S/C14H18ClN3O3/c1-14(2,18-6-7-21-13(18)20)9-16-12(19)17-11-5-3-4-10(15)8-11/h3-5,8H,6-7,9H2,1-2H3,(H2,16,17,19). The van der Waals surface area contributed by atoms with Gasteiger partial charge in [0.15, 0.2) is 0 Å². The Morgan fingerprint density at radius 1 is 1.48 bits per heavy atom. The van der Waals surface area contributed by atoms with Crippen LogP contribution in [0.3, 0.4) is 0 Å². The van der Waals surface area contributed by atoms with Crippen LogP contribution in [0.4, 0.5) is 15.3 Å². The van der Waals surface area contributed by atoms with E-state index in [1.807, 2.05) is 13.8 Å². The zero-order valence-corrected chi connectivity index (χ0v) is 12.7. The van der Waals surface area contributed by atoms with Gasteiger partial charge in [0.05, 0.1) is 12.1 Å². The summed E-state index contributed by atoms with van der Waals surface area (Å²) in [6.07, 6.45) is -0.350. The van der Waals surface area contributed by atoms with Crippen molar-refractivity contribution in [3.8, 4) is 0 Å². The average molecular weight is 312 g/mol. The molecule has 6 nitrogen and oxygen atoms in total. The number of hydrogen-bond donors (Lipinski definition) is 2. The lowest BCUT2D eigenvalue weighted by Crippen LogP contribution is -2.52. The van der Waals surface area contributed by atoms with Crippen LogP contribution in [0.15, 0.2) is 24.3 Å². The molecule has 0 radical (unpaired) electrons. The van der Waals surface area contributed by atoms with Crippen molar-refractivity contribution >= 4 is 29.4 Å². The summed E-state index contributed by atoms with van der Waals surface area (Å²) in [6.45, 7) is 4.98. The zero-order chi connectivity index (χ0) is 15.5. The molecule has 3 amide bonds.